The zero-order valence-corrected chi connectivity index (χ0v) is 10.3. The summed E-state index contributed by atoms with van der Waals surface area (Å²) in [7, 11) is 0. The Morgan fingerprint density at radius 2 is 2.28 bits per heavy atom. The maximum absolute atomic E-state index is 11.6. The lowest BCUT2D eigenvalue weighted by atomic mass is 10.3. The fourth-order valence-corrected chi connectivity index (χ4v) is 1.61. The molecule has 0 amide bonds. The zero-order chi connectivity index (χ0) is 12.8. The van der Waals surface area contributed by atoms with Crippen LogP contribution in [0.3, 0.4) is 0 Å². The Hall–Kier alpha value is -2.01. The van der Waals surface area contributed by atoms with Crippen molar-refractivity contribution in [3.05, 3.63) is 58.3 Å². The van der Waals surface area contributed by atoms with E-state index in [2.05, 4.69) is 15.4 Å². The van der Waals surface area contributed by atoms with Crippen molar-refractivity contribution in [1.29, 1.82) is 0 Å². The number of aryl methyl sites for hydroxylation is 1. The average Bonchev–Trinajstić information content (AvgIpc) is 2.38. The molecule has 0 unspecified atom stereocenters. The average molecular weight is 244 g/mol. The minimum absolute atomic E-state index is 0.0572. The molecule has 0 aliphatic rings. The third kappa shape index (κ3) is 3.49. The molecule has 0 bridgehead atoms. The predicted molar refractivity (Wildman–Crippen MR) is 69.2 cm³/mol. The maximum Gasteiger partial charge on any atom is 0.267 e. The molecule has 0 aliphatic carbocycles. The van der Waals surface area contributed by atoms with E-state index in [-0.39, 0.29) is 5.56 Å². The lowest BCUT2D eigenvalue weighted by Gasteiger charge is -2.06. The first kappa shape index (κ1) is 12.4. The molecular weight excluding hydrogens is 228 g/mol. The number of nitrogens with zero attached hydrogens (tertiary/aromatic N) is 3. The van der Waals surface area contributed by atoms with Crippen molar-refractivity contribution in [2.24, 2.45) is 0 Å². The molecule has 0 fully saturated rings. The largest absolute Gasteiger partial charge is 0.311 e. The van der Waals surface area contributed by atoms with Gasteiger partial charge in [-0.25, -0.2) is 4.68 Å². The van der Waals surface area contributed by atoms with Gasteiger partial charge >= 0.3 is 0 Å². The van der Waals surface area contributed by atoms with Gasteiger partial charge in [-0.1, -0.05) is 6.07 Å². The van der Waals surface area contributed by atoms with Crippen LogP contribution in [0.4, 0.5) is 0 Å². The number of rotatable bonds is 5. The molecule has 2 aromatic rings. The fourth-order valence-electron chi connectivity index (χ4n) is 1.61. The first-order valence-electron chi connectivity index (χ1n) is 5.89. The normalized spacial score (nSPS) is 10.5. The molecule has 1 N–H and O–H groups in total. The molecule has 0 saturated heterocycles. The number of pyridine rings is 1. The quantitative estimate of drug-likeness (QED) is 0.788. The van der Waals surface area contributed by atoms with Crippen LogP contribution in [0.5, 0.6) is 0 Å². The van der Waals surface area contributed by atoms with E-state index in [4.69, 9.17) is 0 Å². The highest BCUT2D eigenvalue weighted by atomic mass is 16.1. The first-order valence-corrected chi connectivity index (χ1v) is 5.89. The molecule has 5 heteroatoms. The molecule has 2 rings (SSSR count). The van der Waals surface area contributed by atoms with Crippen LogP contribution in [0.2, 0.25) is 0 Å². The molecule has 94 valence electrons. The minimum atomic E-state index is -0.0572. The van der Waals surface area contributed by atoms with E-state index < -0.39 is 0 Å². The van der Waals surface area contributed by atoms with Crippen LogP contribution in [0.25, 0.3) is 0 Å². The van der Waals surface area contributed by atoms with E-state index in [1.807, 2.05) is 25.3 Å². The van der Waals surface area contributed by atoms with Crippen LogP contribution in [0.1, 0.15) is 11.1 Å². The van der Waals surface area contributed by atoms with Crippen LogP contribution in [-0.2, 0) is 13.1 Å². The summed E-state index contributed by atoms with van der Waals surface area (Å²) < 4.78 is 1.46. The molecule has 0 aliphatic heterocycles. The summed E-state index contributed by atoms with van der Waals surface area (Å²) in [5.41, 5.74) is 1.96. The maximum atomic E-state index is 11.6. The van der Waals surface area contributed by atoms with E-state index >= 15 is 0 Å². The van der Waals surface area contributed by atoms with Gasteiger partial charge in [-0.15, -0.1) is 0 Å². The van der Waals surface area contributed by atoms with Crippen molar-refractivity contribution >= 4 is 0 Å². The van der Waals surface area contributed by atoms with Gasteiger partial charge in [0.15, 0.2) is 0 Å². The summed E-state index contributed by atoms with van der Waals surface area (Å²) in [6.07, 6.45) is 5.27. The van der Waals surface area contributed by atoms with Gasteiger partial charge in [0, 0.05) is 31.5 Å². The van der Waals surface area contributed by atoms with Crippen molar-refractivity contribution < 1.29 is 0 Å². The molecule has 0 spiro atoms. The molecule has 0 radical (unpaired) electrons. The second-order valence-electron chi connectivity index (χ2n) is 4.13. The van der Waals surface area contributed by atoms with Gasteiger partial charge in [0.1, 0.15) is 0 Å². The smallest absolute Gasteiger partial charge is 0.267 e. The second kappa shape index (κ2) is 6.07. The predicted octanol–water partition coefficient (Wildman–Crippen LogP) is 0.737. The summed E-state index contributed by atoms with van der Waals surface area (Å²) in [6, 6.07) is 5.51. The van der Waals surface area contributed by atoms with Gasteiger partial charge in [-0.3, -0.25) is 9.78 Å². The van der Waals surface area contributed by atoms with Gasteiger partial charge in [0.05, 0.1) is 12.7 Å². The SMILES string of the molecule is Cc1cnn(CCNCc2cccnc2)c(=O)c1. The van der Waals surface area contributed by atoms with E-state index in [0.29, 0.717) is 13.1 Å². The monoisotopic (exact) mass is 244 g/mol. The number of aromatic nitrogens is 3. The third-order valence-corrected chi connectivity index (χ3v) is 2.56. The Morgan fingerprint density at radius 1 is 1.39 bits per heavy atom. The van der Waals surface area contributed by atoms with E-state index in [9.17, 15) is 4.79 Å². The van der Waals surface area contributed by atoms with Crippen LogP contribution < -0.4 is 10.9 Å². The lowest BCUT2D eigenvalue weighted by molar-refractivity contribution is 0.530. The number of hydrogen-bond acceptors (Lipinski definition) is 4. The Morgan fingerprint density at radius 3 is 3.00 bits per heavy atom. The van der Waals surface area contributed by atoms with Gasteiger partial charge in [-0.05, 0) is 24.1 Å². The molecule has 0 atom stereocenters. The summed E-state index contributed by atoms with van der Waals surface area (Å²) >= 11 is 0. The summed E-state index contributed by atoms with van der Waals surface area (Å²) in [4.78, 5) is 15.6. The van der Waals surface area contributed by atoms with Crippen LogP contribution >= 0.6 is 0 Å². The van der Waals surface area contributed by atoms with Crippen LogP contribution in [-0.4, -0.2) is 21.3 Å². The first-order chi connectivity index (χ1) is 8.75. The van der Waals surface area contributed by atoms with Crippen molar-refractivity contribution in [3.8, 4) is 0 Å². The lowest BCUT2D eigenvalue weighted by Crippen LogP contribution is -2.28. The topological polar surface area (TPSA) is 59.8 Å². The zero-order valence-electron chi connectivity index (χ0n) is 10.3. The minimum Gasteiger partial charge on any atom is -0.311 e. The second-order valence-corrected chi connectivity index (χ2v) is 4.13. The molecule has 2 heterocycles. The molecule has 0 aromatic carbocycles. The van der Waals surface area contributed by atoms with Gasteiger partial charge in [0.2, 0.25) is 0 Å². The van der Waals surface area contributed by atoms with Crippen molar-refractivity contribution in [2.45, 2.75) is 20.0 Å². The summed E-state index contributed by atoms with van der Waals surface area (Å²) in [5.74, 6) is 0. The van der Waals surface area contributed by atoms with Crippen molar-refractivity contribution in [1.82, 2.24) is 20.1 Å². The standard InChI is InChI=1S/C13H16N4O/c1-11-7-13(18)17(16-8-11)6-5-15-10-12-3-2-4-14-9-12/h2-4,7-9,15H,5-6,10H2,1H3. The van der Waals surface area contributed by atoms with Crippen LogP contribution in [0.15, 0.2) is 41.6 Å². The molecule has 5 nitrogen and oxygen atoms in total. The Bertz CT molecular complexity index is 550. The highest BCUT2D eigenvalue weighted by Crippen LogP contribution is 1.93. The number of nitrogens with one attached hydrogen (secondary N) is 1. The van der Waals surface area contributed by atoms with Crippen molar-refractivity contribution in [3.63, 3.8) is 0 Å². The summed E-state index contributed by atoms with van der Waals surface area (Å²) in [5, 5.41) is 7.33. The highest BCUT2D eigenvalue weighted by molar-refractivity contribution is 5.07. The molecule has 18 heavy (non-hydrogen) atoms. The molecular formula is C13H16N4O. The fraction of sp³-hybridized carbons (Fsp3) is 0.308. The number of hydrogen-bond donors (Lipinski definition) is 1. The van der Waals surface area contributed by atoms with Crippen molar-refractivity contribution in [2.75, 3.05) is 6.54 Å². The highest BCUT2D eigenvalue weighted by Gasteiger charge is 1.97. The molecule has 2 aromatic heterocycles. The Balaban J connectivity index is 1.80. The van der Waals surface area contributed by atoms with E-state index in [1.165, 1.54) is 4.68 Å². The Kier molecular flexibility index (Phi) is 4.20. The van der Waals surface area contributed by atoms with E-state index in [1.54, 1.807) is 18.5 Å². The molecule has 0 saturated carbocycles. The summed E-state index contributed by atoms with van der Waals surface area (Å²) in [6.45, 7) is 3.87. The van der Waals surface area contributed by atoms with Crippen LogP contribution in [0, 0.1) is 6.92 Å². The van der Waals surface area contributed by atoms with Gasteiger partial charge in [-0.2, -0.15) is 5.10 Å². The third-order valence-electron chi connectivity index (χ3n) is 2.56. The Labute approximate surface area is 105 Å². The van der Waals surface area contributed by atoms with Gasteiger partial charge < -0.3 is 5.32 Å². The van der Waals surface area contributed by atoms with Gasteiger partial charge in [0.25, 0.3) is 5.56 Å². The van der Waals surface area contributed by atoms with E-state index in [0.717, 1.165) is 17.7 Å².